The van der Waals surface area contributed by atoms with Gasteiger partial charge in [-0.2, -0.15) is 0 Å². The lowest BCUT2D eigenvalue weighted by molar-refractivity contribution is -0.123. The third-order valence-electron chi connectivity index (χ3n) is 3.88. The van der Waals surface area contributed by atoms with Crippen LogP contribution >= 0.6 is 0 Å². The van der Waals surface area contributed by atoms with Crippen molar-refractivity contribution < 1.29 is 17.9 Å². The molecule has 0 bridgehead atoms. The first-order valence-electron chi connectivity index (χ1n) is 9.00. The van der Waals surface area contributed by atoms with Gasteiger partial charge in [0.1, 0.15) is 5.75 Å². The first kappa shape index (κ1) is 20.8. The molecule has 0 spiro atoms. The van der Waals surface area contributed by atoms with E-state index in [1.54, 1.807) is 18.2 Å². The van der Waals surface area contributed by atoms with Gasteiger partial charge in [-0.1, -0.05) is 31.9 Å². The van der Waals surface area contributed by atoms with E-state index in [9.17, 15) is 13.2 Å². The first-order chi connectivity index (χ1) is 12.9. The molecule has 0 radical (unpaired) electrons. The van der Waals surface area contributed by atoms with Crippen LogP contribution in [0, 0.1) is 6.92 Å². The maximum absolute atomic E-state index is 12.4. The zero-order valence-electron chi connectivity index (χ0n) is 15.7. The number of nitrogens with one attached hydrogen (secondary N) is 2. The van der Waals surface area contributed by atoms with Crippen LogP contribution in [-0.2, 0) is 14.8 Å². The minimum absolute atomic E-state index is 0.0975. The van der Waals surface area contributed by atoms with Crippen LogP contribution in [0.3, 0.4) is 0 Å². The monoisotopic (exact) mass is 390 g/mol. The Kier molecular flexibility index (Phi) is 7.67. The van der Waals surface area contributed by atoms with Crippen molar-refractivity contribution in [2.75, 3.05) is 17.9 Å². The molecular formula is C20H26N2O4S. The van der Waals surface area contributed by atoms with Crippen LogP contribution < -0.4 is 14.8 Å². The Morgan fingerprint density at radius 3 is 2.48 bits per heavy atom. The number of ether oxygens (including phenoxy) is 1. The smallest absolute Gasteiger partial charge is 0.261 e. The number of aryl methyl sites for hydroxylation is 1. The van der Waals surface area contributed by atoms with Crippen LogP contribution in [-0.4, -0.2) is 27.5 Å². The van der Waals surface area contributed by atoms with Gasteiger partial charge < -0.3 is 10.1 Å². The summed E-state index contributed by atoms with van der Waals surface area (Å²) in [7, 11) is -3.68. The summed E-state index contributed by atoms with van der Waals surface area (Å²) in [6.45, 7) is 4.53. The van der Waals surface area contributed by atoms with Crippen LogP contribution in [0.2, 0.25) is 0 Å². The molecule has 0 atom stereocenters. The number of sulfonamides is 1. The third-order valence-corrected chi connectivity index (χ3v) is 5.27. The number of hydrogen-bond acceptors (Lipinski definition) is 4. The normalized spacial score (nSPS) is 11.0. The van der Waals surface area contributed by atoms with Gasteiger partial charge in [-0.3, -0.25) is 9.52 Å². The van der Waals surface area contributed by atoms with Crippen LogP contribution in [0.4, 0.5) is 5.69 Å². The number of anilines is 1. The molecule has 0 aliphatic heterocycles. The number of rotatable bonds is 10. The van der Waals surface area contributed by atoms with Crippen LogP contribution in [0.1, 0.15) is 31.7 Å². The Morgan fingerprint density at radius 2 is 1.81 bits per heavy atom. The maximum Gasteiger partial charge on any atom is 0.261 e. The van der Waals surface area contributed by atoms with E-state index in [1.165, 1.54) is 24.3 Å². The molecule has 7 heteroatoms. The fourth-order valence-corrected chi connectivity index (χ4v) is 3.49. The largest absolute Gasteiger partial charge is 0.484 e. The Labute approximate surface area is 161 Å². The summed E-state index contributed by atoms with van der Waals surface area (Å²) in [5.74, 6) is 0.247. The molecule has 2 N–H and O–H groups in total. The lowest BCUT2D eigenvalue weighted by atomic mass is 10.2. The lowest BCUT2D eigenvalue weighted by Gasteiger charge is -2.10. The van der Waals surface area contributed by atoms with E-state index in [0.29, 0.717) is 18.0 Å². The highest BCUT2D eigenvalue weighted by Crippen LogP contribution is 2.19. The fraction of sp³-hybridized carbons (Fsp3) is 0.350. The van der Waals surface area contributed by atoms with Gasteiger partial charge >= 0.3 is 0 Å². The van der Waals surface area contributed by atoms with E-state index < -0.39 is 10.0 Å². The predicted molar refractivity (Wildman–Crippen MR) is 106 cm³/mol. The van der Waals surface area contributed by atoms with Crippen molar-refractivity contribution in [2.45, 2.75) is 38.0 Å². The minimum Gasteiger partial charge on any atom is -0.484 e. The molecule has 1 amide bonds. The molecule has 2 rings (SSSR count). The van der Waals surface area contributed by atoms with Crippen LogP contribution in [0.25, 0.3) is 0 Å². The fourth-order valence-electron chi connectivity index (χ4n) is 2.44. The molecule has 0 unspecified atom stereocenters. The second-order valence-corrected chi connectivity index (χ2v) is 7.97. The van der Waals surface area contributed by atoms with Gasteiger partial charge in [0.25, 0.3) is 15.9 Å². The number of amides is 1. The molecule has 0 heterocycles. The summed E-state index contributed by atoms with van der Waals surface area (Å²) < 4.78 is 32.8. The Morgan fingerprint density at radius 1 is 1.07 bits per heavy atom. The van der Waals surface area contributed by atoms with Crippen molar-refractivity contribution in [1.82, 2.24) is 5.32 Å². The topological polar surface area (TPSA) is 84.5 Å². The predicted octanol–water partition coefficient (Wildman–Crippen LogP) is 3.48. The summed E-state index contributed by atoms with van der Waals surface area (Å²) in [5, 5.41) is 2.79. The highest BCUT2D eigenvalue weighted by atomic mass is 32.2. The molecular weight excluding hydrogens is 364 g/mol. The van der Waals surface area contributed by atoms with Crippen molar-refractivity contribution in [2.24, 2.45) is 0 Å². The van der Waals surface area contributed by atoms with Gasteiger partial charge in [0.2, 0.25) is 0 Å². The molecule has 2 aromatic rings. The van der Waals surface area contributed by atoms with Crippen LogP contribution in [0.15, 0.2) is 53.4 Å². The molecule has 0 aliphatic carbocycles. The Balaban J connectivity index is 1.89. The number of benzene rings is 2. The molecule has 146 valence electrons. The van der Waals surface area contributed by atoms with Gasteiger partial charge in [-0.25, -0.2) is 8.42 Å². The van der Waals surface area contributed by atoms with E-state index in [-0.39, 0.29) is 17.4 Å². The number of carbonyl (C=O) groups is 1. The van der Waals surface area contributed by atoms with Gasteiger partial charge in [0.15, 0.2) is 6.61 Å². The zero-order valence-corrected chi connectivity index (χ0v) is 16.5. The van der Waals surface area contributed by atoms with Crippen LogP contribution in [0.5, 0.6) is 5.75 Å². The average Bonchev–Trinajstić information content (AvgIpc) is 2.63. The van der Waals surface area contributed by atoms with E-state index >= 15 is 0 Å². The summed E-state index contributed by atoms with van der Waals surface area (Å²) in [5.41, 5.74) is 1.47. The molecule has 0 saturated carbocycles. The molecule has 0 aromatic heterocycles. The van der Waals surface area contributed by atoms with Gasteiger partial charge in [-0.05, 0) is 55.3 Å². The molecule has 27 heavy (non-hydrogen) atoms. The molecule has 2 aromatic carbocycles. The van der Waals surface area contributed by atoms with Gasteiger partial charge in [0, 0.05) is 12.2 Å². The molecule has 0 fully saturated rings. The Bertz CT molecular complexity index is 849. The summed E-state index contributed by atoms with van der Waals surface area (Å²) >= 11 is 0. The van der Waals surface area contributed by atoms with Gasteiger partial charge in [-0.15, -0.1) is 0 Å². The molecule has 0 aliphatic rings. The molecule has 0 saturated heterocycles. The highest BCUT2D eigenvalue weighted by Gasteiger charge is 2.14. The van der Waals surface area contributed by atoms with Crippen molar-refractivity contribution in [3.05, 3.63) is 54.1 Å². The van der Waals surface area contributed by atoms with Crippen molar-refractivity contribution in [1.29, 1.82) is 0 Å². The highest BCUT2D eigenvalue weighted by molar-refractivity contribution is 7.92. The minimum atomic E-state index is -3.68. The van der Waals surface area contributed by atoms with Gasteiger partial charge in [0.05, 0.1) is 4.90 Å². The van der Waals surface area contributed by atoms with Crippen molar-refractivity contribution >= 4 is 21.6 Å². The summed E-state index contributed by atoms with van der Waals surface area (Å²) in [6, 6.07) is 13.1. The second kappa shape index (κ2) is 9.97. The van der Waals surface area contributed by atoms with E-state index in [2.05, 4.69) is 17.0 Å². The lowest BCUT2D eigenvalue weighted by Crippen LogP contribution is -2.29. The van der Waals surface area contributed by atoms with Crippen molar-refractivity contribution in [3.63, 3.8) is 0 Å². The Hall–Kier alpha value is -2.54. The zero-order chi connectivity index (χ0) is 19.7. The average molecular weight is 391 g/mol. The number of unbranched alkanes of at least 4 members (excludes halogenated alkanes) is 2. The van der Waals surface area contributed by atoms with Crippen molar-refractivity contribution in [3.8, 4) is 5.75 Å². The van der Waals surface area contributed by atoms with E-state index in [1.807, 2.05) is 13.0 Å². The second-order valence-electron chi connectivity index (χ2n) is 6.29. The summed E-state index contributed by atoms with van der Waals surface area (Å²) in [6.07, 6.45) is 3.12. The van der Waals surface area contributed by atoms with E-state index in [0.717, 1.165) is 24.8 Å². The van der Waals surface area contributed by atoms with E-state index in [4.69, 9.17) is 4.74 Å². The number of hydrogen-bond donors (Lipinski definition) is 2. The summed E-state index contributed by atoms with van der Waals surface area (Å²) in [4.78, 5) is 11.8. The maximum atomic E-state index is 12.4. The standard InChI is InChI=1S/C20H26N2O4S/c1-3-4-5-13-21-20(23)15-26-18-9-11-19(12-10-18)27(24,25)22-17-8-6-7-16(2)14-17/h6-12,14,22H,3-5,13,15H2,1-2H3,(H,21,23). The quantitative estimate of drug-likeness (QED) is 0.608. The first-order valence-corrected chi connectivity index (χ1v) is 10.5. The SMILES string of the molecule is CCCCCNC(=O)COc1ccc(S(=O)(=O)Nc2cccc(C)c2)cc1. The molecule has 6 nitrogen and oxygen atoms in total. The number of carbonyl (C=O) groups excluding carboxylic acids is 1. The third kappa shape index (κ3) is 6.94.